The first-order chi connectivity index (χ1) is 9.61. The lowest BCUT2D eigenvalue weighted by molar-refractivity contribution is 0.143. The van der Waals surface area contributed by atoms with Crippen LogP contribution in [0.3, 0.4) is 0 Å². The molecule has 0 radical (unpaired) electrons. The van der Waals surface area contributed by atoms with Crippen molar-refractivity contribution >= 4 is 24.0 Å². The molecule has 0 heterocycles. The Hall–Kier alpha value is -1.26. The van der Waals surface area contributed by atoms with Crippen LogP contribution in [0.1, 0.15) is 17.2 Å². The topological polar surface area (TPSA) is 55.5 Å². The average Bonchev–Trinajstić information content (AvgIpc) is 2.47. The predicted octanol–water partition coefficient (Wildman–Crippen LogP) is 3.37. The van der Waals surface area contributed by atoms with Crippen molar-refractivity contribution in [1.82, 2.24) is 0 Å². The van der Waals surface area contributed by atoms with Gasteiger partial charge in [0, 0.05) is 17.0 Å². The zero-order valence-corrected chi connectivity index (χ0v) is 13.3. The first-order valence-corrected chi connectivity index (χ1v) is 6.80. The Balaban J connectivity index is 0.00000220. The molecule has 0 saturated carbocycles. The minimum Gasteiger partial charge on any atom is -0.496 e. The molecular formula is C16H19Cl2NO2. The van der Waals surface area contributed by atoms with Gasteiger partial charge in [-0.05, 0) is 23.8 Å². The van der Waals surface area contributed by atoms with Crippen molar-refractivity contribution in [3.05, 3.63) is 64.7 Å². The Morgan fingerprint density at radius 2 is 1.86 bits per heavy atom. The summed E-state index contributed by atoms with van der Waals surface area (Å²) in [6.45, 7) is 0. The lowest BCUT2D eigenvalue weighted by Crippen LogP contribution is -2.28. The van der Waals surface area contributed by atoms with E-state index in [1.165, 1.54) is 0 Å². The number of aliphatic hydroxyl groups is 1. The molecule has 21 heavy (non-hydrogen) atoms. The summed E-state index contributed by atoms with van der Waals surface area (Å²) in [5.74, 6) is 0.633. The molecule has 0 unspecified atom stereocenters. The monoisotopic (exact) mass is 327 g/mol. The Labute approximate surface area is 136 Å². The van der Waals surface area contributed by atoms with Crippen LogP contribution in [0.5, 0.6) is 5.75 Å². The summed E-state index contributed by atoms with van der Waals surface area (Å²) in [7, 11) is 1.57. The van der Waals surface area contributed by atoms with E-state index in [1.54, 1.807) is 25.3 Å². The van der Waals surface area contributed by atoms with E-state index in [9.17, 15) is 5.11 Å². The maximum Gasteiger partial charge on any atom is 0.123 e. The molecule has 3 N–H and O–H groups in total. The van der Waals surface area contributed by atoms with E-state index in [0.29, 0.717) is 22.8 Å². The van der Waals surface area contributed by atoms with E-state index in [-0.39, 0.29) is 12.4 Å². The minimum absolute atomic E-state index is 0. The van der Waals surface area contributed by atoms with Crippen LogP contribution in [0.2, 0.25) is 5.02 Å². The first-order valence-electron chi connectivity index (χ1n) is 6.43. The first kappa shape index (κ1) is 17.8. The average molecular weight is 328 g/mol. The van der Waals surface area contributed by atoms with Crippen LogP contribution in [-0.2, 0) is 6.42 Å². The lowest BCUT2D eigenvalue weighted by Gasteiger charge is -2.21. The van der Waals surface area contributed by atoms with Gasteiger partial charge in [-0.25, -0.2) is 0 Å². The standard InChI is InChI=1S/C16H18ClNO2.ClH/c1-20-15-8-7-12(17)10-13(15)16(18)14(19)9-11-5-3-2-4-6-11;/h2-8,10,14,16,19H,9,18H2,1H3;1H/t14-,16+;/m1./s1. The van der Waals surface area contributed by atoms with Gasteiger partial charge in [0.15, 0.2) is 0 Å². The summed E-state index contributed by atoms with van der Waals surface area (Å²) in [6.07, 6.45) is -0.220. The number of benzene rings is 2. The highest BCUT2D eigenvalue weighted by atomic mass is 35.5. The van der Waals surface area contributed by atoms with E-state index in [0.717, 1.165) is 5.56 Å². The van der Waals surface area contributed by atoms with Crippen molar-refractivity contribution in [3.8, 4) is 5.75 Å². The fourth-order valence-electron chi connectivity index (χ4n) is 2.16. The van der Waals surface area contributed by atoms with Gasteiger partial charge in [0.25, 0.3) is 0 Å². The van der Waals surface area contributed by atoms with Crippen LogP contribution in [0.4, 0.5) is 0 Å². The van der Waals surface area contributed by atoms with E-state index in [2.05, 4.69) is 0 Å². The van der Waals surface area contributed by atoms with Gasteiger partial charge in [-0.2, -0.15) is 0 Å². The fourth-order valence-corrected chi connectivity index (χ4v) is 2.34. The molecule has 0 bridgehead atoms. The largest absolute Gasteiger partial charge is 0.496 e. The van der Waals surface area contributed by atoms with Crippen molar-refractivity contribution in [2.45, 2.75) is 18.6 Å². The molecule has 3 nitrogen and oxygen atoms in total. The zero-order valence-electron chi connectivity index (χ0n) is 11.7. The van der Waals surface area contributed by atoms with Gasteiger partial charge in [-0.15, -0.1) is 12.4 Å². The van der Waals surface area contributed by atoms with Crippen LogP contribution in [0, 0.1) is 0 Å². The Bertz CT molecular complexity index is 563. The molecule has 0 aliphatic heterocycles. The number of hydrogen-bond donors (Lipinski definition) is 2. The van der Waals surface area contributed by atoms with Crippen LogP contribution in [0.25, 0.3) is 0 Å². The molecule has 0 saturated heterocycles. The second-order valence-electron chi connectivity index (χ2n) is 4.67. The molecular weight excluding hydrogens is 309 g/mol. The summed E-state index contributed by atoms with van der Waals surface area (Å²) in [5.41, 5.74) is 7.89. The maximum atomic E-state index is 10.3. The highest BCUT2D eigenvalue weighted by Gasteiger charge is 2.21. The van der Waals surface area contributed by atoms with Crippen molar-refractivity contribution in [2.24, 2.45) is 5.73 Å². The van der Waals surface area contributed by atoms with Crippen molar-refractivity contribution in [3.63, 3.8) is 0 Å². The summed E-state index contributed by atoms with van der Waals surface area (Å²) in [5, 5.41) is 10.9. The molecule has 2 aromatic carbocycles. The Kier molecular flexibility index (Phi) is 6.99. The Morgan fingerprint density at radius 1 is 1.19 bits per heavy atom. The zero-order chi connectivity index (χ0) is 14.5. The van der Waals surface area contributed by atoms with Crippen LogP contribution in [0.15, 0.2) is 48.5 Å². The lowest BCUT2D eigenvalue weighted by atomic mass is 9.96. The van der Waals surface area contributed by atoms with E-state index in [1.807, 2.05) is 30.3 Å². The molecule has 0 aliphatic rings. The number of hydrogen-bond acceptors (Lipinski definition) is 3. The normalized spacial score (nSPS) is 13.1. The third-order valence-electron chi connectivity index (χ3n) is 3.25. The van der Waals surface area contributed by atoms with E-state index in [4.69, 9.17) is 22.1 Å². The Morgan fingerprint density at radius 3 is 2.48 bits per heavy atom. The molecule has 114 valence electrons. The molecule has 0 aromatic heterocycles. The highest BCUT2D eigenvalue weighted by molar-refractivity contribution is 6.30. The second kappa shape index (κ2) is 8.25. The third-order valence-corrected chi connectivity index (χ3v) is 3.49. The quantitative estimate of drug-likeness (QED) is 0.885. The van der Waals surface area contributed by atoms with Crippen LogP contribution in [-0.4, -0.2) is 18.3 Å². The number of nitrogens with two attached hydrogens (primary N) is 1. The maximum absolute atomic E-state index is 10.3. The van der Waals surface area contributed by atoms with Crippen LogP contribution >= 0.6 is 24.0 Å². The van der Waals surface area contributed by atoms with E-state index >= 15 is 0 Å². The molecule has 2 atom stereocenters. The summed E-state index contributed by atoms with van der Waals surface area (Å²) in [6, 6.07) is 14.4. The molecule has 2 aromatic rings. The number of ether oxygens (including phenoxy) is 1. The molecule has 0 fully saturated rings. The van der Waals surface area contributed by atoms with E-state index < -0.39 is 12.1 Å². The van der Waals surface area contributed by atoms with Gasteiger partial charge >= 0.3 is 0 Å². The van der Waals surface area contributed by atoms with Crippen molar-refractivity contribution in [1.29, 1.82) is 0 Å². The SMILES string of the molecule is COc1ccc(Cl)cc1[C@H](N)[C@H](O)Cc1ccccc1.Cl. The number of aliphatic hydroxyl groups excluding tert-OH is 1. The van der Waals surface area contributed by atoms with Gasteiger partial charge in [0.05, 0.1) is 19.3 Å². The molecule has 0 spiro atoms. The van der Waals surface area contributed by atoms with Gasteiger partial charge in [-0.1, -0.05) is 41.9 Å². The van der Waals surface area contributed by atoms with Crippen molar-refractivity contribution < 1.29 is 9.84 Å². The summed E-state index contributed by atoms with van der Waals surface area (Å²) in [4.78, 5) is 0. The van der Waals surface area contributed by atoms with Gasteiger partial charge in [-0.3, -0.25) is 0 Å². The predicted molar refractivity (Wildman–Crippen MR) is 88.3 cm³/mol. The number of rotatable bonds is 5. The number of halogens is 2. The molecule has 5 heteroatoms. The minimum atomic E-state index is -0.704. The van der Waals surface area contributed by atoms with Crippen molar-refractivity contribution in [2.75, 3.05) is 7.11 Å². The second-order valence-corrected chi connectivity index (χ2v) is 5.11. The van der Waals surface area contributed by atoms with Gasteiger partial charge in [0.1, 0.15) is 5.75 Å². The third kappa shape index (κ3) is 4.61. The fraction of sp³-hybridized carbons (Fsp3) is 0.250. The van der Waals surface area contributed by atoms with Gasteiger partial charge < -0.3 is 15.6 Å². The smallest absolute Gasteiger partial charge is 0.123 e. The summed E-state index contributed by atoms with van der Waals surface area (Å²) >= 11 is 5.99. The number of methoxy groups -OCH3 is 1. The molecule has 2 rings (SSSR count). The summed E-state index contributed by atoms with van der Waals surface area (Å²) < 4.78 is 5.27. The molecule has 0 amide bonds. The van der Waals surface area contributed by atoms with Gasteiger partial charge in [0.2, 0.25) is 0 Å². The van der Waals surface area contributed by atoms with Crippen LogP contribution < -0.4 is 10.5 Å². The molecule has 0 aliphatic carbocycles. The highest BCUT2D eigenvalue weighted by Crippen LogP contribution is 2.29.